The minimum absolute atomic E-state index is 0.104. The van der Waals surface area contributed by atoms with Crippen molar-refractivity contribution < 1.29 is 13.2 Å². The Balaban J connectivity index is 3.28. The standard InChI is InChI=1S/C7H5F3IN/c1-3-2-4(8)5(11)6(12-3)7(9)10/h2,7H,1H3. The molecule has 1 heterocycles. The highest BCUT2D eigenvalue weighted by molar-refractivity contribution is 14.1. The van der Waals surface area contributed by atoms with Gasteiger partial charge in [0.15, 0.2) is 0 Å². The first kappa shape index (κ1) is 9.76. The van der Waals surface area contributed by atoms with Crippen LogP contribution in [-0.2, 0) is 0 Å². The second-order valence-electron chi connectivity index (χ2n) is 2.25. The van der Waals surface area contributed by atoms with E-state index in [0.717, 1.165) is 6.07 Å². The third-order valence-corrected chi connectivity index (χ3v) is 2.34. The molecule has 0 saturated heterocycles. The maximum absolute atomic E-state index is 12.8. The third-order valence-electron chi connectivity index (χ3n) is 1.27. The molecule has 12 heavy (non-hydrogen) atoms. The van der Waals surface area contributed by atoms with E-state index in [1.165, 1.54) is 29.5 Å². The first-order valence-electron chi connectivity index (χ1n) is 3.13. The number of hydrogen-bond donors (Lipinski definition) is 0. The van der Waals surface area contributed by atoms with Gasteiger partial charge in [-0.3, -0.25) is 4.98 Å². The Labute approximate surface area is 81.1 Å². The van der Waals surface area contributed by atoms with Crippen LogP contribution >= 0.6 is 22.6 Å². The van der Waals surface area contributed by atoms with E-state index in [1.54, 1.807) is 0 Å². The highest BCUT2D eigenvalue weighted by Crippen LogP contribution is 2.24. The molecule has 5 heteroatoms. The molecule has 0 radical (unpaired) electrons. The normalized spacial score (nSPS) is 10.8. The van der Waals surface area contributed by atoms with E-state index < -0.39 is 17.9 Å². The number of aromatic nitrogens is 1. The number of aryl methyl sites for hydroxylation is 1. The average molecular weight is 287 g/mol. The monoisotopic (exact) mass is 287 g/mol. The summed E-state index contributed by atoms with van der Waals surface area (Å²) in [6.07, 6.45) is -2.72. The highest BCUT2D eigenvalue weighted by Gasteiger charge is 2.16. The van der Waals surface area contributed by atoms with Crippen molar-refractivity contribution in [1.82, 2.24) is 4.98 Å². The van der Waals surface area contributed by atoms with Crippen molar-refractivity contribution in [3.8, 4) is 0 Å². The lowest BCUT2D eigenvalue weighted by atomic mass is 10.3. The zero-order valence-electron chi connectivity index (χ0n) is 6.11. The van der Waals surface area contributed by atoms with Crippen LogP contribution in [0.1, 0.15) is 17.8 Å². The molecule has 0 N–H and O–H groups in total. The van der Waals surface area contributed by atoms with E-state index in [1.807, 2.05) is 0 Å². The summed E-state index contributed by atoms with van der Waals surface area (Å²) in [7, 11) is 0. The van der Waals surface area contributed by atoms with Crippen LogP contribution in [0.3, 0.4) is 0 Å². The van der Waals surface area contributed by atoms with Crippen molar-refractivity contribution >= 4 is 22.6 Å². The second kappa shape index (κ2) is 3.59. The predicted octanol–water partition coefficient (Wildman–Crippen LogP) is 3.07. The maximum atomic E-state index is 12.8. The van der Waals surface area contributed by atoms with Gasteiger partial charge in [0.1, 0.15) is 11.5 Å². The summed E-state index contributed by atoms with van der Waals surface area (Å²) >= 11 is 1.52. The van der Waals surface area contributed by atoms with E-state index in [9.17, 15) is 13.2 Å². The Morgan fingerprint density at radius 1 is 1.50 bits per heavy atom. The summed E-state index contributed by atoms with van der Waals surface area (Å²) < 4.78 is 37.0. The molecular formula is C7H5F3IN. The average Bonchev–Trinajstić information content (AvgIpc) is 1.96. The van der Waals surface area contributed by atoms with E-state index in [4.69, 9.17) is 0 Å². The molecule has 0 spiro atoms. The van der Waals surface area contributed by atoms with Gasteiger partial charge >= 0.3 is 0 Å². The predicted molar refractivity (Wildman–Crippen MR) is 46.6 cm³/mol. The van der Waals surface area contributed by atoms with Gasteiger partial charge in [0.05, 0.1) is 3.57 Å². The quantitative estimate of drug-likeness (QED) is 0.723. The third kappa shape index (κ3) is 1.88. The topological polar surface area (TPSA) is 12.9 Å². The molecule has 1 aromatic heterocycles. The minimum Gasteiger partial charge on any atom is -0.251 e. The first-order chi connectivity index (χ1) is 5.52. The summed E-state index contributed by atoms with van der Waals surface area (Å²) in [5.41, 5.74) is -0.212. The number of nitrogens with zero attached hydrogens (tertiary/aromatic N) is 1. The van der Waals surface area contributed by atoms with E-state index in [-0.39, 0.29) is 9.26 Å². The van der Waals surface area contributed by atoms with Crippen molar-refractivity contribution in [2.45, 2.75) is 13.3 Å². The Bertz CT molecular complexity index is 301. The van der Waals surface area contributed by atoms with Crippen molar-refractivity contribution in [1.29, 1.82) is 0 Å². The molecule has 0 fully saturated rings. The Morgan fingerprint density at radius 2 is 2.08 bits per heavy atom. The van der Waals surface area contributed by atoms with E-state index >= 15 is 0 Å². The largest absolute Gasteiger partial charge is 0.281 e. The molecule has 0 aliphatic heterocycles. The Morgan fingerprint density at radius 3 is 2.58 bits per heavy atom. The maximum Gasteiger partial charge on any atom is 0.281 e. The Hall–Kier alpha value is -0.330. The number of rotatable bonds is 1. The number of halogens is 4. The number of alkyl halides is 2. The van der Waals surface area contributed by atoms with E-state index in [0.29, 0.717) is 0 Å². The van der Waals surface area contributed by atoms with Gasteiger partial charge in [-0.05, 0) is 35.6 Å². The summed E-state index contributed by atoms with van der Waals surface area (Å²) in [6.45, 7) is 1.48. The van der Waals surface area contributed by atoms with Gasteiger partial charge in [-0.25, -0.2) is 13.2 Å². The zero-order valence-corrected chi connectivity index (χ0v) is 8.27. The molecule has 1 nitrogen and oxygen atoms in total. The highest BCUT2D eigenvalue weighted by atomic mass is 127. The van der Waals surface area contributed by atoms with Gasteiger partial charge in [0.25, 0.3) is 6.43 Å². The fourth-order valence-electron chi connectivity index (χ4n) is 0.785. The lowest BCUT2D eigenvalue weighted by Crippen LogP contribution is -1.99. The molecule has 1 rings (SSSR count). The van der Waals surface area contributed by atoms with Crippen LogP contribution in [0.25, 0.3) is 0 Å². The minimum atomic E-state index is -2.72. The molecule has 0 aromatic carbocycles. The van der Waals surface area contributed by atoms with Gasteiger partial charge in [-0.2, -0.15) is 0 Å². The van der Waals surface area contributed by atoms with Crippen LogP contribution in [0.5, 0.6) is 0 Å². The molecule has 1 aromatic rings. The SMILES string of the molecule is Cc1cc(F)c(I)c(C(F)F)n1. The van der Waals surface area contributed by atoms with Gasteiger partial charge in [0.2, 0.25) is 0 Å². The smallest absolute Gasteiger partial charge is 0.251 e. The van der Waals surface area contributed by atoms with Crippen LogP contribution in [-0.4, -0.2) is 4.98 Å². The van der Waals surface area contributed by atoms with Crippen LogP contribution in [0.4, 0.5) is 13.2 Å². The second-order valence-corrected chi connectivity index (χ2v) is 3.32. The molecule has 0 bridgehead atoms. The van der Waals surface area contributed by atoms with Gasteiger partial charge in [-0.15, -0.1) is 0 Å². The number of pyridine rings is 1. The first-order valence-corrected chi connectivity index (χ1v) is 4.21. The fraction of sp³-hybridized carbons (Fsp3) is 0.286. The summed E-state index contributed by atoms with van der Waals surface area (Å²) in [4.78, 5) is 3.54. The molecule has 66 valence electrons. The summed E-state index contributed by atoms with van der Waals surface area (Å²) in [6, 6.07) is 1.13. The van der Waals surface area contributed by atoms with Crippen molar-refractivity contribution in [2.24, 2.45) is 0 Å². The van der Waals surface area contributed by atoms with Gasteiger partial charge < -0.3 is 0 Å². The summed E-state index contributed by atoms with van der Waals surface area (Å²) in [5, 5.41) is 0. The molecular weight excluding hydrogens is 282 g/mol. The van der Waals surface area contributed by atoms with Crippen molar-refractivity contribution in [2.75, 3.05) is 0 Å². The van der Waals surface area contributed by atoms with Crippen LogP contribution in [0, 0.1) is 16.3 Å². The van der Waals surface area contributed by atoms with Crippen LogP contribution in [0.15, 0.2) is 6.07 Å². The van der Waals surface area contributed by atoms with Gasteiger partial charge in [-0.1, -0.05) is 0 Å². The van der Waals surface area contributed by atoms with Crippen molar-refractivity contribution in [3.05, 3.63) is 26.8 Å². The van der Waals surface area contributed by atoms with Crippen LogP contribution < -0.4 is 0 Å². The number of hydrogen-bond acceptors (Lipinski definition) is 1. The lowest BCUT2D eigenvalue weighted by molar-refractivity contribution is 0.144. The fourth-order valence-corrected chi connectivity index (χ4v) is 1.30. The molecule has 0 aliphatic carbocycles. The van der Waals surface area contributed by atoms with Gasteiger partial charge in [0, 0.05) is 5.69 Å². The van der Waals surface area contributed by atoms with E-state index in [2.05, 4.69) is 4.98 Å². The molecule has 0 atom stereocenters. The Kier molecular flexibility index (Phi) is 2.92. The molecule has 0 aliphatic rings. The van der Waals surface area contributed by atoms with Crippen molar-refractivity contribution in [3.63, 3.8) is 0 Å². The zero-order chi connectivity index (χ0) is 9.30. The lowest BCUT2D eigenvalue weighted by Gasteiger charge is -2.04. The molecule has 0 unspecified atom stereocenters. The summed E-state index contributed by atoms with van der Waals surface area (Å²) in [5.74, 6) is -0.640. The molecule has 0 amide bonds. The molecule has 0 saturated carbocycles. The van der Waals surface area contributed by atoms with Crippen LogP contribution in [0.2, 0.25) is 0 Å².